The molecule has 0 atom stereocenters. The van der Waals surface area contributed by atoms with E-state index < -0.39 is 12.5 Å². The molecule has 4 nitrogen and oxygen atoms in total. The predicted molar refractivity (Wildman–Crippen MR) is 80.9 cm³/mol. The third-order valence-corrected chi connectivity index (χ3v) is 3.59. The first-order valence-electron chi connectivity index (χ1n) is 6.77. The number of imidazole rings is 1. The maximum atomic E-state index is 14.8. The molecular weight excluding hydrogens is 310 g/mol. The lowest BCUT2D eigenvalue weighted by Gasteiger charge is -2.11. The van der Waals surface area contributed by atoms with Gasteiger partial charge in [-0.15, -0.1) is 0 Å². The Labute approximate surface area is 130 Å². The number of benzene rings is 1. The Morgan fingerprint density at radius 3 is 2.64 bits per heavy atom. The topological polar surface area (TPSA) is 43.6 Å². The highest BCUT2D eigenvalue weighted by molar-refractivity contribution is 6.28. The Bertz CT molecular complexity index is 845. The molecule has 0 spiro atoms. The highest BCUT2D eigenvalue weighted by Crippen LogP contribution is 2.30. The Kier molecular flexibility index (Phi) is 3.78. The number of aromatic nitrogens is 4. The quantitative estimate of drug-likeness (QED) is 0.674. The summed E-state index contributed by atoms with van der Waals surface area (Å²) >= 11 is 5.74. The standard InChI is InChI=1S/C15H13ClF2N4/c1-8(2)22-11-4-3-9(10-5-6-19-15(16)20-10)13(18)14(11)21-12(22)7-17/h3-6,8H,7H2,1-2H3. The zero-order chi connectivity index (χ0) is 15.9. The van der Waals surface area contributed by atoms with Gasteiger partial charge in [0.1, 0.15) is 18.0 Å². The van der Waals surface area contributed by atoms with Crippen LogP contribution in [0, 0.1) is 5.82 Å². The predicted octanol–water partition coefficient (Wildman–Crippen LogP) is 4.34. The van der Waals surface area contributed by atoms with E-state index in [0.29, 0.717) is 11.2 Å². The first-order chi connectivity index (χ1) is 10.5. The molecular formula is C15H13ClF2N4. The van der Waals surface area contributed by atoms with Crippen molar-refractivity contribution in [3.8, 4) is 11.3 Å². The Morgan fingerprint density at radius 2 is 2.00 bits per heavy atom. The lowest BCUT2D eigenvalue weighted by Crippen LogP contribution is -2.04. The Hall–Kier alpha value is -2.08. The maximum Gasteiger partial charge on any atom is 0.222 e. The van der Waals surface area contributed by atoms with Crippen LogP contribution in [-0.2, 0) is 6.67 Å². The van der Waals surface area contributed by atoms with E-state index in [-0.39, 0.29) is 28.2 Å². The Balaban J connectivity index is 2.27. The number of nitrogens with zero attached hydrogens (tertiary/aromatic N) is 4. The molecule has 0 radical (unpaired) electrons. The number of alkyl halides is 1. The van der Waals surface area contributed by atoms with Gasteiger partial charge >= 0.3 is 0 Å². The van der Waals surface area contributed by atoms with Gasteiger partial charge in [-0.3, -0.25) is 0 Å². The molecule has 3 rings (SSSR count). The molecule has 0 aliphatic heterocycles. The smallest absolute Gasteiger partial charge is 0.222 e. The number of rotatable bonds is 3. The molecule has 0 amide bonds. The van der Waals surface area contributed by atoms with Crippen LogP contribution in [0.1, 0.15) is 25.7 Å². The fourth-order valence-corrected chi connectivity index (χ4v) is 2.68. The molecule has 0 saturated heterocycles. The minimum Gasteiger partial charge on any atom is -0.323 e. The second-order valence-electron chi connectivity index (χ2n) is 5.13. The number of fused-ring (bicyclic) bond motifs is 1. The van der Waals surface area contributed by atoms with Crippen LogP contribution in [-0.4, -0.2) is 19.5 Å². The van der Waals surface area contributed by atoms with E-state index in [4.69, 9.17) is 11.6 Å². The van der Waals surface area contributed by atoms with Crippen molar-refractivity contribution in [3.05, 3.63) is 41.3 Å². The number of hydrogen-bond acceptors (Lipinski definition) is 3. The molecule has 0 N–H and O–H groups in total. The number of hydrogen-bond donors (Lipinski definition) is 0. The highest BCUT2D eigenvalue weighted by Gasteiger charge is 2.19. The summed E-state index contributed by atoms with van der Waals surface area (Å²) in [6.07, 6.45) is 1.45. The maximum absolute atomic E-state index is 14.8. The lowest BCUT2D eigenvalue weighted by atomic mass is 10.1. The van der Waals surface area contributed by atoms with Gasteiger partial charge < -0.3 is 4.57 Å². The van der Waals surface area contributed by atoms with Crippen LogP contribution in [0.3, 0.4) is 0 Å². The fourth-order valence-electron chi connectivity index (χ4n) is 2.53. The zero-order valence-electron chi connectivity index (χ0n) is 12.0. The first kappa shape index (κ1) is 14.8. The largest absolute Gasteiger partial charge is 0.323 e. The minimum absolute atomic E-state index is 0.0190. The average molecular weight is 323 g/mol. The van der Waals surface area contributed by atoms with Gasteiger partial charge in [0.2, 0.25) is 5.28 Å². The molecule has 0 saturated carbocycles. The normalized spacial score (nSPS) is 11.5. The second kappa shape index (κ2) is 5.61. The van der Waals surface area contributed by atoms with Gasteiger partial charge in [-0.2, -0.15) is 0 Å². The van der Waals surface area contributed by atoms with Gasteiger partial charge in [0.15, 0.2) is 5.82 Å². The summed E-state index contributed by atoms with van der Waals surface area (Å²) in [6.45, 7) is 3.05. The lowest BCUT2D eigenvalue weighted by molar-refractivity contribution is 0.437. The molecule has 0 fully saturated rings. The van der Waals surface area contributed by atoms with E-state index in [0.717, 1.165) is 0 Å². The molecule has 22 heavy (non-hydrogen) atoms. The molecule has 0 bridgehead atoms. The van der Waals surface area contributed by atoms with Crippen LogP contribution >= 0.6 is 11.6 Å². The summed E-state index contributed by atoms with van der Waals surface area (Å²) in [6, 6.07) is 4.86. The first-order valence-corrected chi connectivity index (χ1v) is 7.15. The SMILES string of the molecule is CC(C)n1c(CF)nc2c(F)c(-c3ccnc(Cl)n3)ccc21. The van der Waals surface area contributed by atoms with Crippen LogP contribution in [0.5, 0.6) is 0 Å². The van der Waals surface area contributed by atoms with E-state index in [1.165, 1.54) is 6.20 Å². The third kappa shape index (κ3) is 2.33. The van der Waals surface area contributed by atoms with Crippen LogP contribution in [0.15, 0.2) is 24.4 Å². The summed E-state index contributed by atoms with van der Waals surface area (Å²) < 4.78 is 29.6. The zero-order valence-corrected chi connectivity index (χ0v) is 12.8. The van der Waals surface area contributed by atoms with Crippen molar-refractivity contribution in [3.63, 3.8) is 0 Å². The van der Waals surface area contributed by atoms with Gasteiger partial charge in [-0.05, 0) is 43.6 Å². The molecule has 7 heteroatoms. The molecule has 114 valence electrons. The van der Waals surface area contributed by atoms with Crippen LogP contribution < -0.4 is 0 Å². The fraction of sp³-hybridized carbons (Fsp3) is 0.267. The molecule has 0 aliphatic carbocycles. The highest BCUT2D eigenvalue weighted by atomic mass is 35.5. The van der Waals surface area contributed by atoms with Crippen molar-refractivity contribution in [2.75, 3.05) is 0 Å². The van der Waals surface area contributed by atoms with Crippen molar-refractivity contribution in [2.24, 2.45) is 0 Å². The van der Waals surface area contributed by atoms with Crippen LogP contribution in [0.2, 0.25) is 5.28 Å². The van der Waals surface area contributed by atoms with E-state index in [2.05, 4.69) is 15.0 Å². The second-order valence-corrected chi connectivity index (χ2v) is 5.47. The van der Waals surface area contributed by atoms with Gasteiger partial charge in [-0.1, -0.05) is 0 Å². The molecule has 0 unspecified atom stereocenters. The van der Waals surface area contributed by atoms with E-state index in [1.54, 1.807) is 22.8 Å². The van der Waals surface area contributed by atoms with Gasteiger partial charge in [0, 0.05) is 17.8 Å². The molecule has 3 aromatic rings. The summed E-state index contributed by atoms with van der Waals surface area (Å²) in [5.41, 5.74) is 1.31. The van der Waals surface area contributed by atoms with Crippen molar-refractivity contribution >= 4 is 22.6 Å². The monoisotopic (exact) mass is 322 g/mol. The van der Waals surface area contributed by atoms with Gasteiger partial charge in [0.25, 0.3) is 0 Å². The van der Waals surface area contributed by atoms with Crippen molar-refractivity contribution in [1.82, 2.24) is 19.5 Å². The van der Waals surface area contributed by atoms with Crippen LogP contribution in [0.4, 0.5) is 8.78 Å². The van der Waals surface area contributed by atoms with Crippen molar-refractivity contribution < 1.29 is 8.78 Å². The van der Waals surface area contributed by atoms with Gasteiger partial charge in [-0.25, -0.2) is 23.7 Å². The summed E-state index contributed by atoms with van der Waals surface area (Å²) in [4.78, 5) is 11.9. The van der Waals surface area contributed by atoms with E-state index >= 15 is 0 Å². The van der Waals surface area contributed by atoms with Crippen molar-refractivity contribution in [2.45, 2.75) is 26.6 Å². The molecule has 2 aromatic heterocycles. The summed E-state index contributed by atoms with van der Waals surface area (Å²) in [5.74, 6) is -0.330. The van der Waals surface area contributed by atoms with E-state index in [9.17, 15) is 8.78 Å². The van der Waals surface area contributed by atoms with Gasteiger partial charge in [0.05, 0.1) is 11.2 Å². The summed E-state index contributed by atoms with van der Waals surface area (Å²) in [7, 11) is 0. The number of halogens is 3. The minimum atomic E-state index is -0.749. The van der Waals surface area contributed by atoms with Crippen molar-refractivity contribution in [1.29, 1.82) is 0 Å². The third-order valence-electron chi connectivity index (χ3n) is 3.41. The Morgan fingerprint density at radius 1 is 1.23 bits per heavy atom. The molecule has 1 aromatic carbocycles. The summed E-state index contributed by atoms with van der Waals surface area (Å²) in [5, 5.41) is 0.0363. The van der Waals surface area contributed by atoms with Crippen LogP contribution in [0.25, 0.3) is 22.3 Å². The van der Waals surface area contributed by atoms with E-state index in [1.807, 2.05) is 13.8 Å². The molecule has 2 heterocycles. The molecule has 0 aliphatic rings. The average Bonchev–Trinajstić information content (AvgIpc) is 2.87.